The monoisotopic (exact) mass is 466 g/mol. The Labute approximate surface area is 204 Å². The molecule has 0 bridgehead atoms. The number of hydrogen-bond donors (Lipinski definition) is 2. The Balaban J connectivity index is 1.60. The minimum atomic E-state index is -0.493. The van der Waals surface area contributed by atoms with E-state index in [4.69, 9.17) is 0 Å². The number of aryl methyl sites for hydroxylation is 1. The SMILES string of the molecule is O=C(NCC(CCc1ccccn1)(c1ccccc1)c1ccccc1)Nc1ccc([N+](=O)[O-])cc1. The first-order valence-electron chi connectivity index (χ1n) is 11.4. The Kier molecular flexibility index (Phi) is 7.47. The smallest absolute Gasteiger partial charge is 0.319 e. The first-order chi connectivity index (χ1) is 17.1. The van der Waals surface area contributed by atoms with Crippen molar-refractivity contribution in [1.29, 1.82) is 0 Å². The number of nitro benzene ring substituents is 1. The van der Waals surface area contributed by atoms with Crippen LogP contribution in [0.1, 0.15) is 23.2 Å². The van der Waals surface area contributed by atoms with Crippen LogP contribution in [0.2, 0.25) is 0 Å². The lowest BCUT2D eigenvalue weighted by Crippen LogP contribution is -2.43. The highest BCUT2D eigenvalue weighted by Gasteiger charge is 2.34. The number of nitrogens with one attached hydrogen (secondary N) is 2. The molecule has 7 heteroatoms. The first-order valence-corrected chi connectivity index (χ1v) is 11.4. The molecule has 4 rings (SSSR count). The second kappa shape index (κ2) is 11.1. The van der Waals surface area contributed by atoms with E-state index in [0.717, 1.165) is 29.7 Å². The molecule has 176 valence electrons. The van der Waals surface area contributed by atoms with Crippen LogP contribution >= 0.6 is 0 Å². The number of urea groups is 1. The van der Waals surface area contributed by atoms with Crippen molar-refractivity contribution in [1.82, 2.24) is 10.3 Å². The number of carbonyl (C=O) groups is 1. The quantitative estimate of drug-likeness (QED) is 0.243. The van der Waals surface area contributed by atoms with Gasteiger partial charge >= 0.3 is 6.03 Å². The molecule has 0 saturated carbocycles. The van der Waals surface area contributed by atoms with Crippen molar-refractivity contribution in [2.75, 3.05) is 11.9 Å². The fraction of sp³-hybridized carbons (Fsp3) is 0.143. The number of anilines is 1. The van der Waals surface area contributed by atoms with E-state index in [9.17, 15) is 14.9 Å². The van der Waals surface area contributed by atoms with Gasteiger partial charge in [-0.1, -0.05) is 66.7 Å². The van der Waals surface area contributed by atoms with E-state index < -0.39 is 10.3 Å². The molecule has 0 radical (unpaired) electrons. The van der Waals surface area contributed by atoms with Crippen LogP contribution in [0.25, 0.3) is 0 Å². The summed E-state index contributed by atoms with van der Waals surface area (Å²) >= 11 is 0. The van der Waals surface area contributed by atoms with E-state index >= 15 is 0 Å². The van der Waals surface area contributed by atoms with E-state index in [1.807, 2.05) is 54.6 Å². The number of nitrogens with zero attached hydrogens (tertiary/aromatic N) is 2. The summed E-state index contributed by atoms with van der Waals surface area (Å²) in [5, 5.41) is 16.7. The molecular formula is C28H26N4O3. The maximum atomic E-state index is 12.8. The molecule has 3 aromatic carbocycles. The molecule has 0 fully saturated rings. The van der Waals surface area contributed by atoms with Crippen molar-refractivity contribution >= 4 is 17.4 Å². The van der Waals surface area contributed by atoms with Gasteiger partial charge in [0.05, 0.1) is 4.92 Å². The van der Waals surface area contributed by atoms with Gasteiger partial charge in [0.25, 0.3) is 5.69 Å². The zero-order valence-corrected chi connectivity index (χ0v) is 19.1. The number of non-ortho nitro benzene ring substituents is 1. The number of hydrogen-bond acceptors (Lipinski definition) is 4. The second-order valence-electron chi connectivity index (χ2n) is 8.25. The molecule has 0 aliphatic carbocycles. The van der Waals surface area contributed by atoms with E-state index in [1.54, 1.807) is 6.20 Å². The van der Waals surface area contributed by atoms with Crippen LogP contribution in [-0.2, 0) is 11.8 Å². The maximum Gasteiger partial charge on any atom is 0.319 e. The lowest BCUT2D eigenvalue weighted by Gasteiger charge is -2.35. The van der Waals surface area contributed by atoms with Crippen LogP contribution in [0.4, 0.5) is 16.2 Å². The van der Waals surface area contributed by atoms with Gasteiger partial charge in [-0.3, -0.25) is 15.1 Å². The minimum Gasteiger partial charge on any atom is -0.337 e. The largest absolute Gasteiger partial charge is 0.337 e. The van der Waals surface area contributed by atoms with Gasteiger partial charge in [0.15, 0.2) is 0 Å². The third-order valence-electron chi connectivity index (χ3n) is 6.07. The standard InChI is InChI=1S/C28H26N4O3/c33-27(31-25-14-16-26(17-15-25)32(34)35)30-21-28(22-9-3-1-4-10-22,23-11-5-2-6-12-23)19-18-24-13-7-8-20-29-24/h1-17,20H,18-19,21H2,(H2,30,31,33). The number of nitro groups is 1. The van der Waals surface area contributed by atoms with Gasteiger partial charge in [0, 0.05) is 41.7 Å². The molecule has 4 aromatic rings. The average molecular weight is 467 g/mol. The Morgan fingerprint density at radius 3 is 1.97 bits per heavy atom. The summed E-state index contributed by atoms with van der Waals surface area (Å²) in [6.45, 7) is 0.354. The van der Waals surface area contributed by atoms with E-state index in [1.165, 1.54) is 24.3 Å². The summed E-state index contributed by atoms with van der Waals surface area (Å²) in [7, 11) is 0. The van der Waals surface area contributed by atoms with E-state index in [0.29, 0.717) is 12.2 Å². The van der Waals surface area contributed by atoms with Gasteiger partial charge < -0.3 is 10.6 Å². The van der Waals surface area contributed by atoms with Gasteiger partial charge in [-0.25, -0.2) is 4.79 Å². The summed E-state index contributed by atoms with van der Waals surface area (Å²) < 4.78 is 0. The Hall–Kier alpha value is -4.52. The second-order valence-corrected chi connectivity index (χ2v) is 8.25. The van der Waals surface area contributed by atoms with Gasteiger partial charge in [-0.15, -0.1) is 0 Å². The molecule has 0 atom stereocenters. The van der Waals surface area contributed by atoms with E-state index in [-0.39, 0.29) is 11.7 Å². The van der Waals surface area contributed by atoms with Crippen molar-refractivity contribution in [2.24, 2.45) is 0 Å². The fourth-order valence-electron chi connectivity index (χ4n) is 4.22. The van der Waals surface area contributed by atoms with Crippen LogP contribution in [0.5, 0.6) is 0 Å². The van der Waals surface area contributed by atoms with Crippen LogP contribution < -0.4 is 10.6 Å². The molecule has 1 heterocycles. The van der Waals surface area contributed by atoms with Crippen LogP contribution in [-0.4, -0.2) is 22.5 Å². The number of aromatic nitrogens is 1. The topological polar surface area (TPSA) is 97.2 Å². The van der Waals surface area contributed by atoms with Crippen molar-refractivity contribution in [3.05, 3.63) is 136 Å². The summed E-state index contributed by atoms with van der Waals surface area (Å²) in [6.07, 6.45) is 3.25. The molecular weight excluding hydrogens is 440 g/mol. The van der Waals surface area contributed by atoms with Crippen molar-refractivity contribution < 1.29 is 9.72 Å². The predicted molar refractivity (Wildman–Crippen MR) is 136 cm³/mol. The fourth-order valence-corrected chi connectivity index (χ4v) is 4.22. The molecule has 0 aliphatic heterocycles. The maximum absolute atomic E-state index is 12.8. The third-order valence-corrected chi connectivity index (χ3v) is 6.07. The zero-order valence-electron chi connectivity index (χ0n) is 19.1. The number of pyridine rings is 1. The third kappa shape index (κ3) is 5.89. The highest BCUT2D eigenvalue weighted by Crippen LogP contribution is 2.36. The molecule has 0 saturated heterocycles. The number of carbonyl (C=O) groups excluding carboxylic acids is 1. The predicted octanol–water partition coefficient (Wildman–Crippen LogP) is 5.73. The zero-order chi connectivity index (χ0) is 24.5. The van der Waals surface area contributed by atoms with E-state index in [2.05, 4.69) is 39.9 Å². The summed E-state index contributed by atoms with van der Waals surface area (Å²) in [6, 6.07) is 31.6. The number of rotatable bonds is 9. The highest BCUT2D eigenvalue weighted by molar-refractivity contribution is 5.89. The Morgan fingerprint density at radius 1 is 0.829 bits per heavy atom. The van der Waals surface area contributed by atoms with Crippen LogP contribution in [0, 0.1) is 10.1 Å². The van der Waals surface area contributed by atoms with Crippen LogP contribution in [0.15, 0.2) is 109 Å². The summed E-state index contributed by atoms with van der Waals surface area (Å²) in [5.74, 6) is 0. The number of amides is 2. The summed E-state index contributed by atoms with van der Waals surface area (Å²) in [5.41, 5.74) is 3.13. The number of benzene rings is 3. The Bertz CT molecular complexity index is 1210. The average Bonchev–Trinajstić information content (AvgIpc) is 2.91. The normalized spacial score (nSPS) is 11.0. The lowest BCUT2D eigenvalue weighted by molar-refractivity contribution is -0.384. The molecule has 0 spiro atoms. The van der Waals surface area contributed by atoms with Gasteiger partial charge in [-0.2, -0.15) is 0 Å². The molecule has 2 amide bonds. The molecule has 35 heavy (non-hydrogen) atoms. The molecule has 0 aliphatic rings. The van der Waals surface area contributed by atoms with Crippen molar-refractivity contribution in [3.8, 4) is 0 Å². The lowest BCUT2D eigenvalue weighted by atomic mass is 9.71. The van der Waals surface area contributed by atoms with Crippen molar-refractivity contribution in [2.45, 2.75) is 18.3 Å². The van der Waals surface area contributed by atoms with Gasteiger partial charge in [0.1, 0.15) is 0 Å². The minimum absolute atomic E-state index is 0.0300. The molecule has 1 aromatic heterocycles. The molecule has 7 nitrogen and oxygen atoms in total. The summed E-state index contributed by atoms with van der Waals surface area (Å²) in [4.78, 5) is 27.7. The Morgan fingerprint density at radius 2 is 1.43 bits per heavy atom. The van der Waals surface area contributed by atoms with Gasteiger partial charge in [-0.05, 0) is 48.2 Å². The molecule has 0 unspecified atom stereocenters. The highest BCUT2D eigenvalue weighted by atomic mass is 16.6. The first kappa shape index (κ1) is 23.6. The van der Waals surface area contributed by atoms with Crippen molar-refractivity contribution in [3.63, 3.8) is 0 Å². The molecule has 2 N–H and O–H groups in total. The van der Waals surface area contributed by atoms with Gasteiger partial charge in [0.2, 0.25) is 0 Å². The van der Waals surface area contributed by atoms with Crippen LogP contribution in [0.3, 0.4) is 0 Å².